The molecule has 0 atom stereocenters. The lowest BCUT2D eigenvalue weighted by atomic mass is 9.82. The van der Waals surface area contributed by atoms with Crippen LogP contribution in [0, 0.1) is 5.41 Å². The predicted molar refractivity (Wildman–Crippen MR) is 223 cm³/mol. The zero-order chi connectivity index (χ0) is 38.4. The van der Waals surface area contributed by atoms with E-state index in [1.165, 1.54) is 116 Å². The molecule has 6 nitrogen and oxygen atoms in total. The van der Waals surface area contributed by atoms with Crippen molar-refractivity contribution in [1.82, 2.24) is 4.90 Å². The van der Waals surface area contributed by atoms with Crippen molar-refractivity contribution in [2.24, 2.45) is 5.41 Å². The third kappa shape index (κ3) is 35.9. The van der Waals surface area contributed by atoms with Crippen LogP contribution in [0.4, 0.5) is 0 Å². The molecular formula is C46H91NO5. The molecule has 0 fully saturated rings. The summed E-state index contributed by atoms with van der Waals surface area (Å²) in [6.07, 6.45) is 36.9. The average molecular weight is 738 g/mol. The number of rotatable bonds is 41. The SMILES string of the molecule is CCCCCCCCCC(=O)OCCCCCCCN(CCO)CCCC(C)(C)CCCC(=O)OC(CCCCCCCC)CCCCCCCC. The summed E-state index contributed by atoms with van der Waals surface area (Å²) in [4.78, 5) is 27.3. The van der Waals surface area contributed by atoms with Crippen LogP contribution in [0.5, 0.6) is 0 Å². The second-order valence-corrected chi connectivity index (χ2v) is 16.8. The maximum Gasteiger partial charge on any atom is 0.306 e. The summed E-state index contributed by atoms with van der Waals surface area (Å²) in [6, 6.07) is 0. The third-order valence-electron chi connectivity index (χ3n) is 10.9. The van der Waals surface area contributed by atoms with Crippen molar-refractivity contribution in [3.63, 3.8) is 0 Å². The molecule has 0 aliphatic carbocycles. The van der Waals surface area contributed by atoms with E-state index in [4.69, 9.17) is 9.47 Å². The fraction of sp³-hybridized carbons (Fsp3) is 0.957. The summed E-state index contributed by atoms with van der Waals surface area (Å²) in [6.45, 7) is 15.0. The predicted octanol–water partition coefficient (Wildman–Crippen LogP) is 13.3. The molecule has 310 valence electrons. The molecule has 0 rings (SSSR count). The van der Waals surface area contributed by atoms with E-state index in [1.807, 2.05) is 0 Å². The smallest absolute Gasteiger partial charge is 0.306 e. The normalized spacial score (nSPS) is 11.9. The molecule has 0 radical (unpaired) electrons. The van der Waals surface area contributed by atoms with Gasteiger partial charge in [-0.2, -0.15) is 0 Å². The van der Waals surface area contributed by atoms with Crippen LogP contribution in [-0.2, 0) is 19.1 Å². The van der Waals surface area contributed by atoms with Gasteiger partial charge in [0.2, 0.25) is 0 Å². The molecule has 0 bridgehead atoms. The van der Waals surface area contributed by atoms with Crippen LogP contribution in [-0.4, -0.2) is 60.9 Å². The van der Waals surface area contributed by atoms with E-state index in [2.05, 4.69) is 39.5 Å². The van der Waals surface area contributed by atoms with E-state index in [0.29, 0.717) is 19.4 Å². The van der Waals surface area contributed by atoms with E-state index in [-0.39, 0.29) is 30.1 Å². The first-order valence-corrected chi connectivity index (χ1v) is 23.0. The largest absolute Gasteiger partial charge is 0.466 e. The van der Waals surface area contributed by atoms with Crippen LogP contribution in [0.15, 0.2) is 0 Å². The number of aliphatic hydroxyl groups is 1. The first-order chi connectivity index (χ1) is 25.3. The molecule has 0 saturated carbocycles. The Morgan fingerprint density at radius 3 is 1.52 bits per heavy atom. The number of ether oxygens (including phenoxy) is 2. The van der Waals surface area contributed by atoms with Gasteiger partial charge in [0.05, 0.1) is 13.2 Å². The minimum absolute atomic E-state index is 0.00621. The fourth-order valence-corrected chi connectivity index (χ4v) is 7.36. The van der Waals surface area contributed by atoms with E-state index in [0.717, 1.165) is 96.7 Å². The molecule has 0 spiro atoms. The molecule has 0 saturated heterocycles. The number of hydrogen-bond donors (Lipinski definition) is 1. The number of esters is 2. The fourth-order valence-electron chi connectivity index (χ4n) is 7.36. The Kier molecular flexibility index (Phi) is 37.3. The minimum atomic E-state index is -0.0276. The molecule has 6 heteroatoms. The second-order valence-electron chi connectivity index (χ2n) is 16.8. The van der Waals surface area contributed by atoms with Crippen LogP contribution >= 0.6 is 0 Å². The highest BCUT2D eigenvalue weighted by Crippen LogP contribution is 2.29. The lowest BCUT2D eigenvalue weighted by Crippen LogP contribution is -2.30. The summed E-state index contributed by atoms with van der Waals surface area (Å²) in [5.41, 5.74) is 0.194. The molecule has 0 amide bonds. The molecule has 0 aliphatic heterocycles. The summed E-state index contributed by atoms with van der Waals surface area (Å²) in [5.74, 6) is -0.0214. The van der Waals surface area contributed by atoms with Crippen LogP contribution in [0.3, 0.4) is 0 Å². The highest BCUT2D eigenvalue weighted by atomic mass is 16.5. The quantitative estimate of drug-likeness (QED) is 0.0497. The highest BCUT2D eigenvalue weighted by Gasteiger charge is 2.20. The summed E-state index contributed by atoms with van der Waals surface area (Å²) in [7, 11) is 0. The molecule has 0 aromatic heterocycles. The van der Waals surface area contributed by atoms with Crippen LogP contribution in [0.1, 0.15) is 240 Å². The molecule has 0 aromatic rings. The van der Waals surface area contributed by atoms with Crippen molar-refractivity contribution in [3.05, 3.63) is 0 Å². The third-order valence-corrected chi connectivity index (χ3v) is 10.9. The van der Waals surface area contributed by atoms with Crippen LogP contribution in [0.2, 0.25) is 0 Å². The highest BCUT2D eigenvalue weighted by molar-refractivity contribution is 5.69. The minimum Gasteiger partial charge on any atom is -0.466 e. The summed E-state index contributed by atoms with van der Waals surface area (Å²) < 4.78 is 11.5. The number of carbonyl (C=O) groups excluding carboxylic acids is 2. The van der Waals surface area contributed by atoms with Gasteiger partial charge in [0.25, 0.3) is 0 Å². The van der Waals surface area contributed by atoms with Crippen molar-refractivity contribution < 1.29 is 24.2 Å². The van der Waals surface area contributed by atoms with Gasteiger partial charge in [-0.3, -0.25) is 9.59 Å². The van der Waals surface area contributed by atoms with Crippen molar-refractivity contribution in [2.75, 3.05) is 32.8 Å². The molecule has 0 aromatic carbocycles. The van der Waals surface area contributed by atoms with Gasteiger partial charge in [0.1, 0.15) is 6.10 Å². The number of nitrogens with zero attached hydrogens (tertiary/aromatic N) is 1. The number of carbonyl (C=O) groups is 2. The van der Waals surface area contributed by atoms with Crippen molar-refractivity contribution in [3.8, 4) is 0 Å². The first kappa shape index (κ1) is 50.9. The van der Waals surface area contributed by atoms with Gasteiger partial charge in [0.15, 0.2) is 0 Å². The van der Waals surface area contributed by atoms with E-state index in [9.17, 15) is 14.7 Å². The zero-order valence-corrected chi connectivity index (χ0v) is 35.8. The lowest BCUT2D eigenvalue weighted by molar-refractivity contribution is -0.150. The van der Waals surface area contributed by atoms with Gasteiger partial charge in [-0.15, -0.1) is 0 Å². The molecular weight excluding hydrogens is 647 g/mol. The Hall–Kier alpha value is -1.14. The topological polar surface area (TPSA) is 76.1 Å². The van der Waals surface area contributed by atoms with Crippen molar-refractivity contribution in [1.29, 1.82) is 0 Å². The zero-order valence-electron chi connectivity index (χ0n) is 35.8. The Balaban J connectivity index is 4.18. The Labute approximate surface area is 324 Å². The second kappa shape index (κ2) is 38.1. The van der Waals surface area contributed by atoms with E-state index < -0.39 is 0 Å². The molecule has 0 aliphatic rings. The number of unbranched alkanes of at least 4 members (excludes halogenated alkanes) is 20. The monoisotopic (exact) mass is 738 g/mol. The summed E-state index contributed by atoms with van der Waals surface area (Å²) >= 11 is 0. The Morgan fingerprint density at radius 1 is 0.519 bits per heavy atom. The Bertz CT molecular complexity index is 756. The standard InChI is InChI=1S/C46H91NO5/c1-6-9-12-15-18-22-27-34-44(49)51-42-29-24-19-23-28-38-47(40-41-48)39-31-37-46(4,5)36-30-35-45(50)52-43(32-25-20-16-13-10-7-2)33-26-21-17-14-11-8-3/h43,48H,6-42H2,1-5H3. The van der Waals surface area contributed by atoms with Gasteiger partial charge >= 0.3 is 11.9 Å². The van der Waals surface area contributed by atoms with Gasteiger partial charge in [0, 0.05) is 19.4 Å². The molecule has 0 heterocycles. The first-order valence-electron chi connectivity index (χ1n) is 23.0. The molecule has 1 N–H and O–H groups in total. The Morgan fingerprint density at radius 2 is 0.962 bits per heavy atom. The van der Waals surface area contributed by atoms with Crippen LogP contribution < -0.4 is 0 Å². The molecule has 52 heavy (non-hydrogen) atoms. The number of aliphatic hydroxyl groups excluding tert-OH is 1. The molecule has 0 unspecified atom stereocenters. The lowest BCUT2D eigenvalue weighted by Gasteiger charge is -2.27. The van der Waals surface area contributed by atoms with Crippen LogP contribution in [0.25, 0.3) is 0 Å². The van der Waals surface area contributed by atoms with Gasteiger partial charge in [-0.1, -0.05) is 157 Å². The summed E-state index contributed by atoms with van der Waals surface area (Å²) in [5, 5.41) is 9.64. The number of hydrogen-bond acceptors (Lipinski definition) is 6. The van der Waals surface area contributed by atoms with Gasteiger partial charge < -0.3 is 19.5 Å². The maximum atomic E-state index is 12.9. The van der Waals surface area contributed by atoms with Gasteiger partial charge in [-0.25, -0.2) is 0 Å². The van der Waals surface area contributed by atoms with E-state index >= 15 is 0 Å². The van der Waals surface area contributed by atoms with Gasteiger partial charge in [-0.05, 0) is 89.1 Å². The van der Waals surface area contributed by atoms with E-state index in [1.54, 1.807) is 0 Å². The maximum absolute atomic E-state index is 12.9. The van der Waals surface area contributed by atoms with Crippen molar-refractivity contribution >= 4 is 11.9 Å². The van der Waals surface area contributed by atoms with Crippen molar-refractivity contribution in [2.45, 2.75) is 246 Å². The average Bonchev–Trinajstić information content (AvgIpc) is 3.11.